The van der Waals surface area contributed by atoms with E-state index in [1.807, 2.05) is 18.2 Å². The number of ether oxygens (including phenoxy) is 1. The first-order chi connectivity index (χ1) is 9.86. The Kier molecular flexibility index (Phi) is 5.00. The second-order valence-electron chi connectivity index (χ2n) is 5.42. The largest absolute Gasteiger partial charge is 0.496 e. The van der Waals surface area contributed by atoms with Gasteiger partial charge in [-0.05, 0) is 67.6 Å². The second-order valence-corrected chi connectivity index (χ2v) is 6.77. The fourth-order valence-corrected chi connectivity index (χ4v) is 3.90. The molecule has 0 saturated heterocycles. The molecule has 1 atom stereocenters. The molecule has 0 N–H and O–H groups in total. The van der Waals surface area contributed by atoms with Gasteiger partial charge in [-0.25, -0.2) is 0 Å². The summed E-state index contributed by atoms with van der Waals surface area (Å²) in [4.78, 5) is 0.0864. The van der Waals surface area contributed by atoms with E-state index in [-0.39, 0.29) is 4.83 Å². The summed E-state index contributed by atoms with van der Waals surface area (Å²) in [5, 5.41) is 0.684. The molecule has 0 fully saturated rings. The van der Waals surface area contributed by atoms with Gasteiger partial charge in [-0.3, -0.25) is 0 Å². The third kappa shape index (κ3) is 3.12. The van der Waals surface area contributed by atoms with Crippen LogP contribution in [0.15, 0.2) is 24.3 Å². The van der Waals surface area contributed by atoms with Gasteiger partial charge in [0.15, 0.2) is 0 Å². The van der Waals surface area contributed by atoms with Gasteiger partial charge < -0.3 is 4.74 Å². The van der Waals surface area contributed by atoms with Gasteiger partial charge in [0.2, 0.25) is 0 Å². The lowest BCUT2D eigenvalue weighted by atomic mass is 9.90. The van der Waals surface area contributed by atoms with Crippen molar-refractivity contribution in [2.24, 2.45) is 0 Å². The first-order valence-electron chi connectivity index (χ1n) is 6.91. The normalized spacial score (nSPS) is 12.3. The third-order valence-corrected chi connectivity index (χ3v) is 5.33. The number of alkyl halides is 1. The molecule has 1 unspecified atom stereocenters. The van der Waals surface area contributed by atoms with E-state index in [0.29, 0.717) is 5.02 Å². The summed E-state index contributed by atoms with van der Waals surface area (Å²) in [6.07, 6.45) is 0. The van der Waals surface area contributed by atoms with Crippen LogP contribution in [0.3, 0.4) is 0 Å². The Hall–Kier alpha value is -0.990. The first kappa shape index (κ1) is 16.4. The molecule has 112 valence electrons. The highest BCUT2D eigenvalue weighted by molar-refractivity contribution is 9.09. The predicted octanol–water partition coefficient (Wildman–Crippen LogP) is 6.07. The summed E-state index contributed by atoms with van der Waals surface area (Å²) < 4.78 is 5.49. The molecule has 0 heterocycles. The van der Waals surface area contributed by atoms with E-state index in [2.05, 4.69) is 49.7 Å². The summed E-state index contributed by atoms with van der Waals surface area (Å²) >= 11 is 9.92. The monoisotopic (exact) mass is 366 g/mol. The minimum absolute atomic E-state index is 0.0864. The van der Waals surface area contributed by atoms with Crippen LogP contribution in [0.2, 0.25) is 5.02 Å². The van der Waals surface area contributed by atoms with E-state index in [1.54, 1.807) is 7.11 Å². The molecule has 0 aliphatic carbocycles. The summed E-state index contributed by atoms with van der Waals surface area (Å²) in [6.45, 7) is 8.66. The summed E-state index contributed by atoms with van der Waals surface area (Å²) in [5.74, 6) is 0.808. The van der Waals surface area contributed by atoms with E-state index in [9.17, 15) is 0 Å². The molecule has 21 heavy (non-hydrogen) atoms. The van der Waals surface area contributed by atoms with Gasteiger partial charge in [0.25, 0.3) is 0 Å². The van der Waals surface area contributed by atoms with Crippen LogP contribution in [0, 0.1) is 27.7 Å². The van der Waals surface area contributed by atoms with Crippen LogP contribution in [0.5, 0.6) is 5.75 Å². The van der Waals surface area contributed by atoms with E-state index < -0.39 is 0 Å². The maximum absolute atomic E-state index is 6.06. The molecular weight excluding hydrogens is 348 g/mol. The van der Waals surface area contributed by atoms with Crippen molar-refractivity contribution in [3.8, 4) is 5.75 Å². The minimum atomic E-state index is 0.0864. The average Bonchev–Trinajstić information content (AvgIpc) is 2.45. The van der Waals surface area contributed by atoms with E-state index in [0.717, 1.165) is 11.3 Å². The van der Waals surface area contributed by atoms with Gasteiger partial charge >= 0.3 is 0 Å². The minimum Gasteiger partial charge on any atom is -0.496 e. The van der Waals surface area contributed by atoms with Crippen LogP contribution in [0.1, 0.15) is 38.2 Å². The molecule has 0 aliphatic rings. The van der Waals surface area contributed by atoms with Gasteiger partial charge in [-0.15, -0.1) is 0 Å². The number of halogens is 2. The van der Waals surface area contributed by atoms with Gasteiger partial charge in [-0.1, -0.05) is 39.7 Å². The SMILES string of the molecule is COc1cc(Cl)ccc1C(Br)c1c(C)c(C)cc(C)c1C. The fraction of sp³-hybridized carbons (Fsp3) is 0.333. The number of hydrogen-bond donors (Lipinski definition) is 0. The highest BCUT2D eigenvalue weighted by atomic mass is 79.9. The van der Waals surface area contributed by atoms with E-state index >= 15 is 0 Å². The third-order valence-electron chi connectivity index (χ3n) is 4.15. The molecule has 2 aromatic carbocycles. The molecule has 0 spiro atoms. The fourth-order valence-electron chi connectivity index (χ4n) is 2.68. The van der Waals surface area contributed by atoms with Crippen LogP contribution < -0.4 is 4.74 Å². The van der Waals surface area contributed by atoms with Gasteiger partial charge in [0, 0.05) is 10.6 Å². The zero-order chi connectivity index (χ0) is 15.7. The lowest BCUT2D eigenvalue weighted by molar-refractivity contribution is 0.410. The van der Waals surface area contributed by atoms with Crippen LogP contribution in [-0.4, -0.2) is 7.11 Å². The number of hydrogen-bond acceptors (Lipinski definition) is 1. The maximum Gasteiger partial charge on any atom is 0.125 e. The molecule has 0 amide bonds. The maximum atomic E-state index is 6.06. The quantitative estimate of drug-likeness (QED) is 0.598. The Morgan fingerprint density at radius 2 is 1.57 bits per heavy atom. The highest BCUT2D eigenvalue weighted by Gasteiger charge is 2.21. The van der Waals surface area contributed by atoms with Gasteiger partial charge in [0.1, 0.15) is 5.75 Å². The molecule has 0 aromatic heterocycles. The van der Waals surface area contributed by atoms with Crippen molar-refractivity contribution in [2.75, 3.05) is 7.11 Å². The molecule has 2 rings (SSSR count). The Bertz CT molecular complexity index is 653. The summed E-state index contributed by atoms with van der Waals surface area (Å²) in [6, 6.07) is 8.03. The molecule has 0 saturated carbocycles. The first-order valence-corrected chi connectivity index (χ1v) is 8.21. The van der Waals surface area contributed by atoms with Crippen molar-refractivity contribution in [1.82, 2.24) is 0 Å². The van der Waals surface area contributed by atoms with Crippen molar-refractivity contribution < 1.29 is 4.74 Å². The lowest BCUT2D eigenvalue weighted by Crippen LogP contribution is -2.04. The zero-order valence-corrected chi connectivity index (χ0v) is 15.4. The average molecular weight is 368 g/mol. The van der Waals surface area contributed by atoms with E-state index in [1.165, 1.54) is 27.8 Å². The number of benzene rings is 2. The second kappa shape index (κ2) is 6.41. The lowest BCUT2D eigenvalue weighted by Gasteiger charge is -2.22. The zero-order valence-electron chi connectivity index (χ0n) is 13.1. The highest BCUT2D eigenvalue weighted by Crippen LogP contribution is 2.41. The number of rotatable bonds is 3. The van der Waals surface area contributed by atoms with Gasteiger partial charge in [0.05, 0.1) is 11.9 Å². The van der Waals surface area contributed by atoms with E-state index in [4.69, 9.17) is 16.3 Å². The molecule has 0 bridgehead atoms. The molecule has 0 radical (unpaired) electrons. The smallest absolute Gasteiger partial charge is 0.125 e. The Morgan fingerprint density at radius 1 is 1.00 bits per heavy atom. The van der Waals surface area contributed by atoms with Gasteiger partial charge in [-0.2, -0.15) is 0 Å². The molecule has 2 aromatic rings. The van der Waals surface area contributed by atoms with Crippen molar-refractivity contribution in [2.45, 2.75) is 32.5 Å². The van der Waals surface area contributed by atoms with Crippen LogP contribution in [-0.2, 0) is 0 Å². The van der Waals surface area contributed by atoms with Crippen molar-refractivity contribution in [1.29, 1.82) is 0 Å². The topological polar surface area (TPSA) is 9.23 Å². The molecule has 3 heteroatoms. The standard InChI is InChI=1S/C18H20BrClO/c1-10-8-11(2)13(4)17(12(10)3)18(19)15-7-6-14(20)9-16(15)21-5/h6-9,18H,1-5H3. The van der Waals surface area contributed by atoms with Crippen LogP contribution >= 0.6 is 27.5 Å². The van der Waals surface area contributed by atoms with Crippen LogP contribution in [0.4, 0.5) is 0 Å². The van der Waals surface area contributed by atoms with Crippen molar-refractivity contribution >= 4 is 27.5 Å². The summed E-state index contributed by atoms with van der Waals surface area (Å²) in [7, 11) is 1.68. The number of methoxy groups -OCH3 is 1. The Labute approximate surface area is 140 Å². The van der Waals surface area contributed by atoms with Crippen molar-refractivity contribution in [3.05, 3.63) is 62.7 Å². The van der Waals surface area contributed by atoms with Crippen molar-refractivity contribution in [3.63, 3.8) is 0 Å². The molecular formula is C18H20BrClO. The molecule has 0 aliphatic heterocycles. The Morgan fingerprint density at radius 3 is 2.10 bits per heavy atom. The Balaban J connectivity index is 2.63. The molecule has 1 nitrogen and oxygen atoms in total. The number of aryl methyl sites for hydroxylation is 2. The van der Waals surface area contributed by atoms with Crippen LogP contribution in [0.25, 0.3) is 0 Å². The predicted molar refractivity (Wildman–Crippen MR) is 94.2 cm³/mol. The summed E-state index contributed by atoms with van der Waals surface area (Å²) in [5.41, 5.74) is 7.66.